The first-order chi connectivity index (χ1) is 17.5. The van der Waals surface area contributed by atoms with Crippen molar-refractivity contribution >= 4 is 29.0 Å². The molecule has 5 rings (SSSR count). The number of ether oxygens (including phenoxy) is 1. The van der Waals surface area contributed by atoms with E-state index in [0.29, 0.717) is 20.6 Å². The molecule has 1 atom stereocenters. The van der Waals surface area contributed by atoms with Crippen LogP contribution in [0.3, 0.4) is 0 Å². The summed E-state index contributed by atoms with van der Waals surface area (Å²) in [5.41, 5.74) is 4.27. The van der Waals surface area contributed by atoms with Crippen LogP contribution in [0.2, 0.25) is 0 Å². The van der Waals surface area contributed by atoms with E-state index >= 15 is 0 Å². The summed E-state index contributed by atoms with van der Waals surface area (Å²) >= 11 is 1.32. The molecule has 6 nitrogen and oxygen atoms in total. The molecule has 0 fully saturated rings. The fourth-order valence-electron chi connectivity index (χ4n) is 4.32. The van der Waals surface area contributed by atoms with E-state index in [1.807, 2.05) is 98.8 Å². The number of carbonyl (C=O) groups is 1. The number of thiazole rings is 1. The summed E-state index contributed by atoms with van der Waals surface area (Å²) in [6.07, 6.45) is 1.84. The molecule has 4 aromatic rings. The van der Waals surface area contributed by atoms with Crippen LogP contribution in [0.25, 0.3) is 6.08 Å². The lowest BCUT2D eigenvalue weighted by atomic mass is 9.95. The minimum absolute atomic E-state index is 0.183. The number of nitrogens with zero attached hydrogens (tertiary/aromatic N) is 2. The minimum atomic E-state index is -0.593. The van der Waals surface area contributed by atoms with Gasteiger partial charge in [0.1, 0.15) is 5.75 Å². The Morgan fingerprint density at radius 1 is 1.00 bits per heavy atom. The van der Waals surface area contributed by atoms with E-state index in [1.165, 1.54) is 11.3 Å². The van der Waals surface area contributed by atoms with Gasteiger partial charge in [-0.2, -0.15) is 0 Å². The number of benzene rings is 3. The van der Waals surface area contributed by atoms with Crippen LogP contribution in [0.1, 0.15) is 29.7 Å². The van der Waals surface area contributed by atoms with E-state index < -0.39 is 6.04 Å². The number of amides is 1. The normalized spacial score (nSPS) is 15.3. The quantitative estimate of drug-likeness (QED) is 0.451. The summed E-state index contributed by atoms with van der Waals surface area (Å²) in [4.78, 5) is 32.6. The molecule has 0 radical (unpaired) electrons. The molecule has 1 aromatic heterocycles. The van der Waals surface area contributed by atoms with Crippen molar-refractivity contribution < 1.29 is 9.53 Å². The third-order valence-electron chi connectivity index (χ3n) is 6.19. The molecule has 1 amide bonds. The van der Waals surface area contributed by atoms with E-state index in [9.17, 15) is 9.59 Å². The SMILES string of the molecule is COc1ccc(/C=c2/sc3n(c2=O)[C@H](c2ccccc2)C(C(=O)Nc2ccccc2C)=C(C)N=3)cc1. The van der Waals surface area contributed by atoms with Crippen molar-refractivity contribution in [3.63, 3.8) is 0 Å². The van der Waals surface area contributed by atoms with E-state index in [2.05, 4.69) is 5.32 Å². The molecule has 2 heterocycles. The molecule has 0 saturated heterocycles. The Balaban J connectivity index is 1.64. The van der Waals surface area contributed by atoms with Crippen LogP contribution < -0.4 is 24.9 Å². The maximum atomic E-state index is 13.7. The molecule has 0 saturated carbocycles. The van der Waals surface area contributed by atoms with Crippen LogP contribution in [0.15, 0.2) is 99.9 Å². The zero-order valence-electron chi connectivity index (χ0n) is 20.2. The average molecular weight is 496 g/mol. The number of aromatic nitrogens is 1. The minimum Gasteiger partial charge on any atom is -0.497 e. The Labute approximate surface area is 212 Å². The Kier molecular flexibility index (Phi) is 6.40. The predicted molar refractivity (Wildman–Crippen MR) is 143 cm³/mol. The summed E-state index contributed by atoms with van der Waals surface area (Å²) in [6.45, 7) is 3.77. The summed E-state index contributed by atoms with van der Waals surface area (Å²) in [6, 6.07) is 24.1. The standard InChI is InChI=1S/C29H25N3O3S/c1-18-9-7-8-12-23(18)31-27(33)25-19(2)30-29-32(26(25)21-10-5-4-6-11-21)28(34)24(36-29)17-20-13-15-22(35-3)16-14-20/h4-17,26H,1-3H3,(H,31,33)/b24-17+/t26-/m1/s1. The summed E-state index contributed by atoms with van der Waals surface area (Å²) in [5.74, 6) is 0.474. The highest BCUT2D eigenvalue weighted by atomic mass is 32.1. The van der Waals surface area contributed by atoms with Crippen LogP contribution in [0, 0.1) is 6.92 Å². The zero-order chi connectivity index (χ0) is 25.2. The van der Waals surface area contributed by atoms with Gasteiger partial charge in [0.15, 0.2) is 4.80 Å². The van der Waals surface area contributed by atoms with Crippen LogP contribution in [-0.2, 0) is 4.79 Å². The molecule has 1 N–H and O–H groups in total. The Morgan fingerprint density at radius 3 is 2.39 bits per heavy atom. The topological polar surface area (TPSA) is 72.7 Å². The molecule has 0 spiro atoms. The van der Waals surface area contributed by atoms with Crippen molar-refractivity contribution in [3.05, 3.63) is 127 Å². The maximum Gasteiger partial charge on any atom is 0.271 e. The van der Waals surface area contributed by atoms with Crippen LogP contribution in [0.4, 0.5) is 5.69 Å². The van der Waals surface area contributed by atoms with Gasteiger partial charge in [-0.3, -0.25) is 14.2 Å². The molecule has 7 heteroatoms. The van der Waals surface area contributed by atoms with Crippen molar-refractivity contribution in [1.29, 1.82) is 0 Å². The Bertz CT molecular complexity index is 1650. The Morgan fingerprint density at radius 2 is 1.69 bits per heavy atom. The van der Waals surface area contributed by atoms with Crippen molar-refractivity contribution in [1.82, 2.24) is 4.57 Å². The molecule has 0 bridgehead atoms. The number of rotatable bonds is 5. The van der Waals surface area contributed by atoms with E-state index in [-0.39, 0.29) is 11.5 Å². The van der Waals surface area contributed by atoms with Gasteiger partial charge >= 0.3 is 0 Å². The van der Waals surface area contributed by atoms with E-state index in [0.717, 1.165) is 28.1 Å². The molecule has 36 heavy (non-hydrogen) atoms. The number of hydrogen-bond donors (Lipinski definition) is 1. The molecule has 0 aliphatic carbocycles. The maximum absolute atomic E-state index is 13.7. The smallest absolute Gasteiger partial charge is 0.271 e. The predicted octanol–water partition coefficient (Wildman–Crippen LogP) is 4.19. The summed E-state index contributed by atoms with van der Waals surface area (Å²) in [7, 11) is 1.62. The van der Waals surface area contributed by atoms with Crippen LogP contribution >= 0.6 is 11.3 Å². The van der Waals surface area contributed by atoms with Crippen molar-refractivity contribution in [2.45, 2.75) is 19.9 Å². The lowest BCUT2D eigenvalue weighted by molar-refractivity contribution is -0.113. The van der Waals surface area contributed by atoms with Crippen molar-refractivity contribution in [2.24, 2.45) is 4.99 Å². The second-order valence-electron chi connectivity index (χ2n) is 8.53. The van der Waals surface area contributed by atoms with Crippen molar-refractivity contribution in [3.8, 4) is 5.75 Å². The second-order valence-corrected chi connectivity index (χ2v) is 9.54. The lowest BCUT2D eigenvalue weighted by Gasteiger charge is -2.25. The second kappa shape index (κ2) is 9.79. The van der Waals surface area contributed by atoms with Gasteiger partial charge in [0.2, 0.25) is 0 Å². The molecule has 1 aliphatic heterocycles. The number of hydrogen-bond acceptors (Lipinski definition) is 5. The van der Waals surface area contributed by atoms with Gasteiger partial charge in [-0.1, -0.05) is 72.0 Å². The molecule has 3 aromatic carbocycles. The van der Waals surface area contributed by atoms with Crippen LogP contribution in [0.5, 0.6) is 5.75 Å². The van der Waals surface area contributed by atoms with Gasteiger partial charge in [-0.05, 0) is 54.8 Å². The number of nitrogens with one attached hydrogen (secondary N) is 1. The highest BCUT2D eigenvalue weighted by Crippen LogP contribution is 2.31. The third-order valence-corrected chi connectivity index (χ3v) is 7.17. The van der Waals surface area contributed by atoms with Crippen LogP contribution in [-0.4, -0.2) is 17.6 Å². The first-order valence-electron chi connectivity index (χ1n) is 11.5. The fourth-order valence-corrected chi connectivity index (χ4v) is 5.36. The molecular weight excluding hydrogens is 470 g/mol. The molecule has 180 valence electrons. The third kappa shape index (κ3) is 4.41. The molecule has 1 aliphatic rings. The number of para-hydroxylation sites is 1. The van der Waals surface area contributed by atoms with Crippen molar-refractivity contribution in [2.75, 3.05) is 12.4 Å². The van der Waals surface area contributed by atoms with Gasteiger partial charge in [0, 0.05) is 5.69 Å². The van der Waals surface area contributed by atoms with Gasteiger partial charge < -0.3 is 10.1 Å². The van der Waals surface area contributed by atoms with E-state index in [4.69, 9.17) is 9.73 Å². The number of anilines is 1. The Hall–Kier alpha value is -4.23. The summed E-state index contributed by atoms with van der Waals surface area (Å²) < 4.78 is 7.42. The summed E-state index contributed by atoms with van der Waals surface area (Å²) in [5, 5.41) is 3.03. The molecular formula is C29H25N3O3S. The number of aryl methyl sites for hydroxylation is 1. The monoisotopic (exact) mass is 495 g/mol. The average Bonchev–Trinajstić information content (AvgIpc) is 3.19. The van der Waals surface area contributed by atoms with Gasteiger partial charge in [-0.15, -0.1) is 0 Å². The number of methoxy groups -OCH3 is 1. The first-order valence-corrected chi connectivity index (χ1v) is 12.4. The zero-order valence-corrected chi connectivity index (χ0v) is 21.0. The number of carbonyl (C=O) groups excluding carboxylic acids is 1. The highest BCUT2D eigenvalue weighted by Gasteiger charge is 2.32. The van der Waals surface area contributed by atoms with Gasteiger partial charge in [0.25, 0.3) is 11.5 Å². The molecule has 0 unspecified atom stereocenters. The largest absolute Gasteiger partial charge is 0.497 e. The van der Waals surface area contributed by atoms with Gasteiger partial charge in [-0.25, -0.2) is 4.99 Å². The van der Waals surface area contributed by atoms with Gasteiger partial charge in [0.05, 0.1) is 29.0 Å². The lowest BCUT2D eigenvalue weighted by Crippen LogP contribution is -2.40. The number of fused-ring (bicyclic) bond motifs is 1. The van der Waals surface area contributed by atoms with E-state index in [1.54, 1.807) is 11.7 Å². The fraction of sp³-hybridized carbons (Fsp3) is 0.138. The number of allylic oxidation sites excluding steroid dienone is 1. The first kappa shape index (κ1) is 23.5. The highest BCUT2D eigenvalue weighted by molar-refractivity contribution is 7.07.